The molecule has 9 heteroatoms. The predicted molar refractivity (Wildman–Crippen MR) is 102 cm³/mol. The number of carbonyl (C=O) groups is 4. The lowest BCUT2D eigenvalue weighted by Gasteiger charge is -2.36. The first kappa shape index (κ1) is 19.2. The predicted octanol–water partition coefficient (Wildman–Crippen LogP) is 2.06. The number of anilines is 1. The smallest absolute Gasteiger partial charge is 0.325 e. The van der Waals surface area contributed by atoms with Crippen LogP contribution in [0, 0.1) is 5.92 Å². The molecule has 1 aromatic rings. The molecule has 4 amide bonds. The lowest BCUT2D eigenvalue weighted by atomic mass is 9.73. The number of nitrogens with one attached hydrogen (secondary N) is 2. The summed E-state index contributed by atoms with van der Waals surface area (Å²) in [6, 6.07) is 2.46. The molecule has 2 fully saturated rings. The Morgan fingerprint density at radius 1 is 1.24 bits per heavy atom. The minimum atomic E-state index is -0.918. The van der Waals surface area contributed by atoms with Crippen molar-refractivity contribution in [2.45, 2.75) is 45.1 Å². The van der Waals surface area contributed by atoms with E-state index < -0.39 is 24.0 Å². The molecule has 1 saturated carbocycles. The van der Waals surface area contributed by atoms with Crippen LogP contribution in [-0.2, 0) is 9.59 Å². The van der Waals surface area contributed by atoms with Gasteiger partial charge in [0.15, 0.2) is 17.3 Å². The number of ether oxygens (including phenoxy) is 2. The molecule has 0 radical (unpaired) electrons. The molecule has 1 aliphatic carbocycles. The topological polar surface area (TPSA) is 114 Å². The van der Waals surface area contributed by atoms with Crippen LogP contribution in [0.15, 0.2) is 12.1 Å². The molecule has 0 bridgehead atoms. The van der Waals surface area contributed by atoms with Crippen LogP contribution in [0.1, 0.15) is 49.9 Å². The first-order valence-electron chi connectivity index (χ1n) is 9.70. The number of ketones is 1. The van der Waals surface area contributed by atoms with Gasteiger partial charge in [-0.3, -0.25) is 19.3 Å². The number of carbonyl (C=O) groups excluding carboxylic acids is 4. The molecule has 1 spiro atoms. The summed E-state index contributed by atoms with van der Waals surface area (Å²) in [5.41, 5.74) is -0.407. The number of amides is 4. The van der Waals surface area contributed by atoms with Gasteiger partial charge in [-0.2, -0.15) is 0 Å². The summed E-state index contributed by atoms with van der Waals surface area (Å²) in [5.74, 6) is -0.342. The van der Waals surface area contributed by atoms with E-state index in [0.29, 0.717) is 17.9 Å². The van der Waals surface area contributed by atoms with Gasteiger partial charge in [0, 0.05) is 11.6 Å². The monoisotopic (exact) mass is 401 g/mol. The summed E-state index contributed by atoms with van der Waals surface area (Å²) in [7, 11) is 0. The lowest BCUT2D eigenvalue weighted by molar-refractivity contribution is -0.136. The molecule has 2 heterocycles. The summed E-state index contributed by atoms with van der Waals surface area (Å²) in [5, 5.41) is 5.44. The van der Waals surface area contributed by atoms with Crippen molar-refractivity contribution in [3.05, 3.63) is 17.7 Å². The Bertz CT molecular complexity index is 914. The molecular formula is C20H23N3O6. The Kier molecular flexibility index (Phi) is 4.68. The molecule has 1 aromatic carbocycles. The number of hydrogen-bond donors (Lipinski definition) is 2. The van der Waals surface area contributed by atoms with Crippen LogP contribution < -0.4 is 20.1 Å². The van der Waals surface area contributed by atoms with Gasteiger partial charge in [-0.15, -0.1) is 0 Å². The third-order valence-electron chi connectivity index (χ3n) is 5.97. The molecule has 0 aromatic heterocycles. The Balaban J connectivity index is 1.51. The van der Waals surface area contributed by atoms with E-state index in [2.05, 4.69) is 10.6 Å². The Hall–Kier alpha value is -3.10. The molecule has 9 nitrogen and oxygen atoms in total. The van der Waals surface area contributed by atoms with Gasteiger partial charge in [0.1, 0.15) is 12.1 Å². The molecule has 154 valence electrons. The normalized spacial score (nSPS) is 25.3. The van der Waals surface area contributed by atoms with E-state index in [1.807, 2.05) is 6.92 Å². The number of rotatable bonds is 4. The largest absolute Gasteiger partial charge is 0.454 e. The van der Waals surface area contributed by atoms with Gasteiger partial charge in [0.2, 0.25) is 12.7 Å². The zero-order valence-electron chi connectivity index (χ0n) is 16.4. The van der Waals surface area contributed by atoms with Crippen molar-refractivity contribution in [2.75, 3.05) is 18.7 Å². The first-order chi connectivity index (χ1) is 13.8. The fraction of sp³-hybridized carbons (Fsp3) is 0.500. The van der Waals surface area contributed by atoms with Crippen molar-refractivity contribution < 1.29 is 28.7 Å². The van der Waals surface area contributed by atoms with Crippen molar-refractivity contribution >= 4 is 29.3 Å². The van der Waals surface area contributed by atoms with Gasteiger partial charge in [0.25, 0.3) is 5.91 Å². The summed E-state index contributed by atoms with van der Waals surface area (Å²) < 4.78 is 10.6. The summed E-state index contributed by atoms with van der Waals surface area (Å²) in [6.45, 7) is 2.93. The van der Waals surface area contributed by atoms with Gasteiger partial charge in [-0.05, 0) is 31.7 Å². The highest BCUT2D eigenvalue weighted by Gasteiger charge is 2.55. The zero-order chi connectivity index (χ0) is 20.8. The number of hydrogen-bond acceptors (Lipinski definition) is 6. The van der Waals surface area contributed by atoms with Crippen molar-refractivity contribution in [1.82, 2.24) is 10.2 Å². The van der Waals surface area contributed by atoms with E-state index >= 15 is 0 Å². The van der Waals surface area contributed by atoms with E-state index in [-0.39, 0.29) is 35.7 Å². The van der Waals surface area contributed by atoms with Crippen LogP contribution in [0.25, 0.3) is 0 Å². The molecular weight excluding hydrogens is 378 g/mol. The maximum absolute atomic E-state index is 13.0. The number of benzene rings is 1. The maximum Gasteiger partial charge on any atom is 0.325 e. The molecule has 4 rings (SSSR count). The summed E-state index contributed by atoms with van der Waals surface area (Å²) in [4.78, 5) is 51.0. The highest BCUT2D eigenvalue weighted by atomic mass is 16.7. The van der Waals surface area contributed by atoms with Crippen molar-refractivity contribution in [1.29, 1.82) is 0 Å². The van der Waals surface area contributed by atoms with Gasteiger partial charge in [0.05, 0.1) is 5.69 Å². The fourth-order valence-corrected chi connectivity index (χ4v) is 4.31. The van der Waals surface area contributed by atoms with E-state index in [0.717, 1.165) is 24.2 Å². The van der Waals surface area contributed by atoms with Gasteiger partial charge in [-0.25, -0.2) is 4.79 Å². The first-order valence-corrected chi connectivity index (χ1v) is 9.70. The van der Waals surface area contributed by atoms with Crippen LogP contribution in [0.4, 0.5) is 10.5 Å². The second-order valence-electron chi connectivity index (χ2n) is 7.80. The van der Waals surface area contributed by atoms with Crippen LogP contribution in [0.5, 0.6) is 11.5 Å². The molecule has 0 unspecified atom stereocenters. The Morgan fingerprint density at radius 3 is 2.66 bits per heavy atom. The number of Topliss-reactive ketones (excluding diaryl/α,β-unsaturated/α-hetero) is 1. The second kappa shape index (κ2) is 7.06. The standard InChI is InChI=1S/C20H23N3O6/c1-11-5-3-4-6-20(11)18(26)23(19(27)22-20)9-17(25)21-14-8-16-15(28-10-29-16)7-13(14)12(2)24/h7-8,11H,3-6,9-10H2,1-2H3,(H,21,25)(H,22,27)/t11-,20-/m1/s1. The minimum absolute atomic E-state index is 0.0129. The number of urea groups is 1. The Labute approximate surface area is 167 Å². The third kappa shape index (κ3) is 3.20. The number of fused-ring (bicyclic) bond motifs is 1. The third-order valence-corrected chi connectivity index (χ3v) is 5.97. The molecule has 3 aliphatic rings. The summed E-state index contributed by atoms with van der Waals surface area (Å²) >= 11 is 0. The lowest BCUT2D eigenvalue weighted by Crippen LogP contribution is -2.54. The average molecular weight is 401 g/mol. The minimum Gasteiger partial charge on any atom is -0.454 e. The van der Waals surface area contributed by atoms with E-state index in [1.165, 1.54) is 19.1 Å². The number of imide groups is 1. The average Bonchev–Trinajstić information content (AvgIpc) is 3.22. The quantitative estimate of drug-likeness (QED) is 0.590. The Morgan fingerprint density at radius 2 is 1.97 bits per heavy atom. The second-order valence-corrected chi connectivity index (χ2v) is 7.80. The summed E-state index contributed by atoms with van der Waals surface area (Å²) in [6.07, 6.45) is 3.30. The van der Waals surface area contributed by atoms with Crippen LogP contribution in [-0.4, -0.2) is 47.4 Å². The zero-order valence-corrected chi connectivity index (χ0v) is 16.4. The van der Waals surface area contributed by atoms with Crippen LogP contribution in [0.3, 0.4) is 0 Å². The van der Waals surface area contributed by atoms with Crippen molar-refractivity contribution in [3.8, 4) is 11.5 Å². The van der Waals surface area contributed by atoms with E-state index in [4.69, 9.17) is 9.47 Å². The molecule has 2 aliphatic heterocycles. The molecule has 1 saturated heterocycles. The van der Waals surface area contributed by atoms with Gasteiger partial charge >= 0.3 is 6.03 Å². The maximum atomic E-state index is 13.0. The van der Waals surface area contributed by atoms with Crippen molar-refractivity contribution in [2.24, 2.45) is 5.92 Å². The van der Waals surface area contributed by atoms with Crippen LogP contribution >= 0.6 is 0 Å². The van der Waals surface area contributed by atoms with Crippen LogP contribution in [0.2, 0.25) is 0 Å². The highest BCUT2D eigenvalue weighted by Crippen LogP contribution is 2.39. The fourth-order valence-electron chi connectivity index (χ4n) is 4.31. The SMILES string of the molecule is CC(=O)c1cc2c(cc1NC(=O)CN1C(=O)N[C@@]3(CCCC[C@H]3C)C1=O)OCO2. The highest BCUT2D eigenvalue weighted by molar-refractivity contribution is 6.11. The molecule has 2 atom stereocenters. The van der Waals surface area contributed by atoms with Gasteiger partial charge < -0.3 is 20.1 Å². The molecule has 29 heavy (non-hydrogen) atoms. The van der Waals surface area contributed by atoms with E-state index in [9.17, 15) is 19.2 Å². The van der Waals surface area contributed by atoms with E-state index in [1.54, 1.807) is 0 Å². The van der Waals surface area contributed by atoms with Crippen molar-refractivity contribution in [3.63, 3.8) is 0 Å². The molecule has 2 N–H and O–H groups in total. The van der Waals surface area contributed by atoms with Gasteiger partial charge in [-0.1, -0.05) is 19.8 Å². The number of nitrogens with zero attached hydrogens (tertiary/aromatic N) is 1.